The summed E-state index contributed by atoms with van der Waals surface area (Å²) in [4.78, 5) is 32.5. The van der Waals surface area contributed by atoms with Crippen molar-refractivity contribution in [2.45, 2.75) is 27.7 Å². The number of para-hydroxylation sites is 1. The van der Waals surface area contributed by atoms with Crippen LogP contribution in [0, 0.1) is 13.8 Å². The number of aryl methyl sites for hydroxylation is 2. The lowest BCUT2D eigenvalue weighted by atomic mass is 10.0. The van der Waals surface area contributed by atoms with Gasteiger partial charge in [0.25, 0.3) is 11.8 Å². The van der Waals surface area contributed by atoms with Crippen molar-refractivity contribution >= 4 is 52.3 Å². The van der Waals surface area contributed by atoms with E-state index >= 15 is 0 Å². The number of hydrogen-bond donors (Lipinski definition) is 0. The van der Waals surface area contributed by atoms with E-state index in [-0.39, 0.29) is 10.7 Å². The molecule has 2 amide bonds. The van der Waals surface area contributed by atoms with E-state index in [1.807, 2.05) is 86.6 Å². The molecular weight excluding hydrogens is 454 g/mol. The number of carbonyl (C=O) groups is 2. The summed E-state index contributed by atoms with van der Waals surface area (Å²) in [6, 6.07) is 22.9. The van der Waals surface area contributed by atoms with Crippen molar-refractivity contribution in [3.63, 3.8) is 0 Å². The summed E-state index contributed by atoms with van der Waals surface area (Å²) in [5.41, 5.74) is 5.22. The van der Waals surface area contributed by atoms with E-state index in [0.717, 1.165) is 35.5 Å². The SMILES string of the molecule is CCN(CC)c1ccc(C=C2C(=O)N(c3ccccc3)C(=S)N(c3ccc(C)cc3C)C2=O)cc1. The Morgan fingerprint density at radius 3 is 2.06 bits per heavy atom. The summed E-state index contributed by atoms with van der Waals surface area (Å²) in [6.07, 6.45) is 1.66. The minimum absolute atomic E-state index is 0.0676. The van der Waals surface area contributed by atoms with Gasteiger partial charge in [-0.3, -0.25) is 19.4 Å². The van der Waals surface area contributed by atoms with Gasteiger partial charge >= 0.3 is 0 Å². The second kappa shape index (κ2) is 10.2. The van der Waals surface area contributed by atoms with Crippen LogP contribution in [0.15, 0.2) is 78.4 Å². The van der Waals surface area contributed by atoms with Crippen LogP contribution in [0.2, 0.25) is 0 Å². The molecule has 1 saturated heterocycles. The summed E-state index contributed by atoms with van der Waals surface area (Å²) >= 11 is 5.73. The highest BCUT2D eigenvalue weighted by Crippen LogP contribution is 2.32. The molecule has 1 aliphatic heterocycles. The smallest absolute Gasteiger partial charge is 0.270 e. The summed E-state index contributed by atoms with van der Waals surface area (Å²) in [6.45, 7) is 9.98. The maximum absolute atomic E-state index is 13.7. The van der Waals surface area contributed by atoms with Crippen LogP contribution in [0.3, 0.4) is 0 Å². The quantitative estimate of drug-likeness (QED) is 0.249. The molecule has 35 heavy (non-hydrogen) atoms. The minimum atomic E-state index is -0.431. The molecule has 0 unspecified atom stereocenters. The van der Waals surface area contributed by atoms with Crippen LogP contribution in [-0.2, 0) is 9.59 Å². The standard InChI is InChI=1S/C29H29N3O2S/c1-5-30(6-2)23-15-13-22(14-16-23)19-25-27(33)31(24-10-8-7-9-11-24)29(35)32(28(25)34)26-17-12-20(3)18-21(26)4/h7-19H,5-6H2,1-4H3. The summed E-state index contributed by atoms with van der Waals surface area (Å²) in [7, 11) is 0. The first-order valence-corrected chi connectivity index (χ1v) is 12.2. The highest BCUT2D eigenvalue weighted by molar-refractivity contribution is 7.81. The number of benzene rings is 3. The van der Waals surface area contributed by atoms with Gasteiger partial charge in [0.1, 0.15) is 5.57 Å². The van der Waals surface area contributed by atoms with Gasteiger partial charge in [0, 0.05) is 18.8 Å². The number of nitrogens with zero attached hydrogens (tertiary/aromatic N) is 3. The predicted molar refractivity (Wildman–Crippen MR) is 148 cm³/mol. The van der Waals surface area contributed by atoms with E-state index in [4.69, 9.17) is 12.2 Å². The Morgan fingerprint density at radius 2 is 1.46 bits per heavy atom. The monoisotopic (exact) mass is 483 g/mol. The van der Waals surface area contributed by atoms with Crippen LogP contribution in [-0.4, -0.2) is 30.0 Å². The topological polar surface area (TPSA) is 43.9 Å². The number of rotatable bonds is 6. The van der Waals surface area contributed by atoms with Crippen molar-refractivity contribution in [2.24, 2.45) is 0 Å². The zero-order chi connectivity index (χ0) is 25.1. The predicted octanol–water partition coefficient (Wildman–Crippen LogP) is 5.90. The summed E-state index contributed by atoms with van der Waals surface area (Å²) in [5.74, 6) is -0.855. The fourth-order valence-electron chi connectivity index (χ4n) is 4.34. The van der Waals surface area contributed by atoms with Gasteiger partial charge in [-0.2, -0.15) is 0 Å². The second-order valence-corrected chi connectivity index (χ2v) is 8.88. The van der Waals surface area contributed by atoms with Gasteiger partial charge in [0.15, 0.2) is 5.11 Å². The molecule has 1 aliphatic rings. The molecule has 0 spiro atoms. The molecule has 0 atom stereocenters. The van der Waals surface area contributed by atoms with Gasteiger partial charge in [0.2, 0.25) is 0 Å². The molecular formula is C29H29N3O2S. The summed E-state index contributed by atoms with van der Waals surface area (Å²) in [5, 5.41) is 0.146. The first-order valence-electron chi connectivity index (χ1n) is 11.8. The molecule has 5 nitrogen and oxygen atoms in total. The molecule has 3 aromatic carbocycles. The number of thiocarbonyl (C=S) groups is 1. The third-order valence-corrected chi connectivity index (χ3v) is 6.55. The van der Waals surface area contributed by atoms with Crippen molar-refractivity contribution < 1.29 is 9.59 Å². The zero-order valence-electron chi connectivity index (χ0n) is 20.5. The first-order chi connectivity index (χ1) is 16.8. The highest BCUT2D eigenvalue weighted by Gasteiger charge is 2.41. The zero-order valence-corrected chi connectivity index (χ0v) is 21.3. The molecule has 0 aromatic heterocycles. The lowest BCUT2D eigenvalue weighted by Crippen LogP contribution is -2.57. The molecule has 0 saturated carbocycles. The third-order valence-electron chi connectivity index (χ3n) is 6.19. The second-order valence-electron chi connectivity index (χ2n) is 8.51. The van der Waals surface area contributed by atoms with Crippen molar-refractivity contribution in [1.29, 1.82) is 0 Å². The van der Waals surface area contributed by atoms with E-state index in [2.05, 4.69) is 18.7 Å². The summed E-state index contributed by atoms with van der Waals surface area (Å²) < 4.78 is 0. The van der Waals surface area contributed by atoms with Crippen LogP contribution >= 0.6 is 12.2 Å². The highest BCUT2D eigenvalue weighted by atomic mass is 32.1. The van der Waals surface area contributed by atoms with Crippen molar-refractivity contribution in [3.05, 3.63) is 95.1 Å². The number of anilines is 3. The number of amides is 2. The maximum Gasteiger partial charge on any atom is 0.270 e. The molecule has 0 N–H and O–H groups in total. The van der Waals surface area contributed by atoms with Crippen LogP contribution in [0.5, 0.6) is 0 Å². The Labute approximate surface area is 212 Å². The Morgan fingerprint density at radius 1 is 0.829 bits per heavy atom. The average Bonchev–Trinajstić information content (AvgIpc) is 2.85. The Kier molecular flexibility index (Phi) is 7.12. The molecule has 4 rings (SSSR count). The average molecular weight is 484 g/mol. The van der Waals surface area contributed by atoms with Crippen LogP contribution in [0.1, 0.15) is 30.5 Å². The van der Waals surface area contributed by atoms with E-state index < -0.39 is 11.8 Å². The van der Waals surface area contributed by atoms with Crippen LogP contribution in [0.4, 0.5) is 17.1 Å². The third kappa shape index (κ3) is 4.75. The number of carbonyl (C=O) groups excluding carboxylic acids is 2. The largest absolute Gasteiger partial charge is 0.372 e. The molecule has 0 radical (unpaired) electrons. The minimum Gasteiger partial charge on any atom is -0.372 e. The fraction of sp³-hybridized carbons (Fsp3) is 0.207. The van der Waals surface area contributed by atoms with E-state index in [0.29, 0.717) is 11.4 Å². The fourth-order valence-corrected chi connectivity index (χ4v) is 4.71. The van der Waals surface area contributed by atoms with E-state index in [9.17, 15) is 9.59 Å². The first kappa shape index (κ1) is 24.4. The lowest BCUT2D eigenvalue weighted by molar-refractivity contribution is -0.120. The molecule has 0 bridgehead atoms. The normalized spacial score (nSPS) is 15.2. The van der Waals surface area contributed by atoms with Gasteiger partial charge in [-0.1, -0.05) is 48.0 Å². The van der Waals surface area contributed by atoms with Crippen molar-refractivity contribution in [1.82, 2.24) is 0 Å². The number of hydrogen-bond acceptors (Lipinski definition) is 4. The molecule has 178 valence electrons. The van der Waals surface area contributed by atoms with Gasteiger partial charge in [-0.25, -0.2) is 0 Å². The van der Waals surface area contributed by atoms with Gasteiger partial charge in [0.05, 0.1) is 11.4 Å². The van der Waals surface area contributed by atoms with Crippen LogP contribution in [0.25, 0.3) is 6.08 Å². The Hall–Kier alpha value is -3.77. The molecule has 1 heterocycles. The van der Waals surface area contributed by atoms with Crippen LogP contribution < -0.4 is 14.7 Å². The lowest BCUT2D eigenvalue weighted by Gasteiger charge is -2.37. The van der Waals surface area contributed by atoms with Crippen molar-refractivity contribution in [3.8, 4) is 0 Å². The Balaban J connectivity index is 1.82. The van der Waals surface area contributed by atoms with Crippen molar-refractivity contribution in [2.75, 3.05) is 27.8 Å². The molecule has 6 heteroatoms. The van der Waals surface area contributed by atoms with Gasteiger partial charge in [-0.15, -0.1) is 0 Å². The van der Waals surface area contributed by atoms with Gasteiger partial charge in [-0.05, 0) is 87.4 Å². The Bertz CT molecular complexity index is 1300. The molecule has 0 aliphatic carbocycles. The maximum atomic E-state index is 13.7. The van der Waals surface area contributed by atoms with E-state index in [1.165, 1.54) is 9.80 Å². The molecule has 3 aromatic rings. The van der Waals surface area contributed by atoms with Gasteiger partial charge < -0.3 is 4.90 Å². The molecule has 1 fully saturated rings. The van der Waals surface area contributed by atoms with E-state index in [1.54, 1.807) is 6.08 Å².